The number of carbonyl (C=O) groups excluding carboxylic acids is 3. The first kappa shape index (κ1) is 25.5. The summed E-state index contributed by atoms with van der Waals surface area (Å²) < 4.78 is 17.9. The zero-order valence-corrected chi connectivity index (χ0v) is 21.5. The van der Waals surface area contributed by atoms with Gasteiger partial charge in [0.25, 0.3) is 11.8 Å². The first-order valence-corrected chi connectivity index (χ1v) is 12.0. The highest BCUT2D eigenvalue weighted by atomic mass is 16.6. The van der Waals surface area contributed by atoms with E-state index in [0.29, 0.717) is 39.7 Å². The fraction of sp³-hybridized carbons (Fsp3) is 0.179. The van der Waals surface area contributed by atoms with Crippen molar-refractivity contribution in [3.05, 3.63) is 83.9 Å². The number of hydrogen-bond acceptors (Lipinski definition) is 8. The Labute approximate surface area is 224 Å². The molecule has 0 radical (unpaired) electrons. The number of amides is 3. The first-order chi connectivity index (χ1) is 18.9. The van der Waals surface area contributed by atoms with Crippen molar-refractivity contribution >= 4 is 17.9 Å². The summed E-state index contributed by atoms with van der Waals surface area (Å²) >= 11 is 0. The number of imide groups is 1. The van der Waals surface area contributed by atoms with Crippen LogP contribution in [0.15, 0.2) is 72.8 Å². The fourth-order valence-electron chi connectivity index (χ4n) is 3.99. The monoisotopic (exact) mass is 527 g/mol. The molecule has 0 bridgehead atoms. The van der Waals surface area contributed by atoms with Crippen LogP contribution in [0.3, 0.4) is 0 Å². The van der Waals surface area contributed by atoms with Crippen LogP contribution in [0, 0.1) is 0 Å². The van der Waals surface area contributed by atoms with Crippen LogP contribution in [0.4, 0.5) is 4.79 Å². The number of hydrogen-bond donors (Lipinski definition) is 0. The lowest BCUT2D eigenvalue weighted by Gasteiger charge is -2.14. The summed E-state index contributed by atoms with van der Waals surface area (Å²) in [5, 5.41) is 4.38. The molecular weight excluding hydrogens is 502 g/mol. The predicted molar refractivity (Wildman–Crippen MR) is 140 cm³/mol. The van der Waals surface area contributed by atoms with Gasteiger partial charge in [-0.3, -0.25) is 14.5 Å². The summed E-state index contributed by atoms with van der Waals surface area (Å²) in [7, 11) is 4.71. The maximum Gasteiger partial charge on any atom is 0.417 e. The van der Waals surface area contributed by atoms with Crippen molar-refractivity contribution in [1.29, 1.82) is 0 Å². The molecule has 0 unspecified atom stereocenters. The average Bonchev–Trinajstić information content (AvgIpc) is 3.48. The van der Waals surface area contributed by atoms with E-state index >= 15 is 0 Å². The van der Waals surface area contributed by atoms with Crippen molar-refractivity contribution in [3.63, 3.8) is 0 Å². The lowest BCUT2D eigenvalue weighted by atomic mass is 10.1. The first-order valence-electron chi connectivity index (χ1n) is 12.0. The van der Waals surface area contributed by atoms with Gasteiger partial charge in [-0.2, -0.15) is 4.98 Å². The third kappa shape index (κ3) is 5.14. The van der Waals surface area contributed by atoms with Gasteiger partial charge in [0, 0.05) is 19.7 Å². The molecule has 0 saturated heterocycles. The van der Waals surface area contributed by atoms with E-state index in [1.54, 1.807) is 86.6 Å². The number of rotatable bonds is 8. The Balaban J connectivity index is 1.31. The molecule has 0 atom stereocenters. The summed E-state index contributed by atoms with van der Waals surface area (Å²) in [6, 6.07) is 20.9. The van der Waals surface area contributed by atoms with Crippen LogP contribution in [0.25, 0.3) is 17.1 Å². The van der Waals surface area contributed by atoms with Crippen molar-refractivity contribution in [1.82, 2.24) is 24.6 Å². The number of ether oxygens (including phenoxy) is 3. The number of benzene rings is 3. The van der Waals surface area contributed by atoms with Gasteiger partial charge in [0.1, 0.15) is 18.1 Å². The Kier molecular flexibility index (Phi) is 6.96. The molecule has 1 aliphatic heterocycles. The molecule has 0 N–H and O–H groups in total. The van der Waals surface area contributed by atoms with Gasteiger partial charge in [-0.1, -0.05) is 12.1 Å². The van der Waals surface area contributed by atoms with Gasteiger partial charge in [-0.05, 0) is 60.7 Å². The van der Waals surface area contributed by atoms with Crippen molar-refractivity contribution in [2.45, 2.75) is 0 Å². The smallest absolute Gasteiger partial charge is 0.417 e. The van der Waals surface area contributed by atoms with Gasteiger partial charge in [0.2, 0.25) is 0 Å². The molecule has 1 aromatic heterocycles. The van der Waals surface area contributed by atoms with E-state index in [2.05, 4.69) is 10.1 Å². The lowest BCUT2D eigenvalue weighted by Crippen LogP contribution is -2.33. The van der Waals surface area contributed by atoms with Crippen LogP contribution in [0.1, 0.15) is 20.7 Å². The summed E-state index contributed by atoms with van der Waals surface area (Å²) in [5.74, 6) is 1.03. The zero-order chi connectivity index (χ0) is 27.5. The van der Waals surface area contributed by atoms with E-state index in [9.17, 15) is 14.4 Å². The van der Waals surface area contributed by atoms with Crippen molar-refractivity contribution in [2.24, 2.45) is 0 Å². The largest absolute Gasteiger partial charge is 0.497 e. The van der Waals surface area contributed by atoms with E-state index < -0.39 is 6.09 Å². The molecule has 3 aromatic carbocycles. The number of fused-ring (bicyclic) bond motifs is 1. The minimum absolute atomic E-state index is 0.0965. The molecule has 0 aliphatic carbocycles. The van der Waals surface area contributed by atoms with Crippen LogP contribution in [-0.4, -0.2) is 76.8 Å². The van der Waals surface area contributed by atoms with E-state index in [4.69, 9.17) is 14.2 Å². The van der Waals surface area contributed by atoms with Gasteiger partial charge in [-0.15, -0.1) is 5.10 Å². The minimum atomic E-state index is -0.602. The molecule has 0 fully saturated rings. The maximum atomic E-state index is 12.5. The second kappa shape index (κ2) is 10.7. The van der Waals surface area contributed by atoms with Crippen LogP contribution >= 0.6 is 0 Å². The Hall–Kier alpha value is -5.19. The Bertz CT molecular complexity index is 1490. The highest BCUT2D eigenvalue weighted by Gasteiger charge is 2.34. The summed E-state index contributed by atoms with van der Waals surface area (Å²) in [6.07, 6.45) is -0.602. The van der Waals surface area contributed by atoms with Crippen LogP contribution in [0.5, 0.6) is 17.5 Å². The molecule has 11 nitrogen and oxygen atoms in total. The molecule has 0 saturated carbocycles. The van der Waals surface area contributed by atoms with Gasteiger partial charge < -0.3 is 19.1 Å². The van der Waals surface area contributed by atoms with Crippen molar-refractivity contribution in [2.75, 3.05) is 34.4 Å². The molecule has 39 heavy (non-hydrogen) atoms. The van der Waals surface area contributed by atoms with Crippen molar-refractivity contribution in [3.8, 4) is 34.6 Å². The minimum Gasteiger partial charge on any atom is -0.497 e. The van der Waals surface area contributed by atoms with E-state index in [0.717, 1.165) is 0 Å². The molecule has 0 spiro atoms. The van der Waals surface area contributed by atoms with E-state index in [1.165, 1.54) is 9.80 Å². The summed E-state index contributed by atoms with van der Waals surface area (Å²) in [5.41, 5.74) is 2.19. The van der Waals surface area contributed by atoms with Crippen LogP contribution in [-0.2, 0) is 0 Å². The molecule has 4 aromatic rings. The van der Waals surface area contributed by atoms with E-state index in [1.807, 2.05) is 12.1 Å². The highest BCUT2D eigenvalue weighted by molar-refractivity contribution is 6.21. The van der Waals surface area contributed by atoms with Crippen molar-refractivity contribution < 1.29 is 28.6 Å². The Morgan fingerprint density at radius 2 is 1.49 bits per heavy atom. The Morgan fingerprint density at radius 1 is 0.872 bits per heavy atom. The van der Waals surface area contributed by atoms with Crippen LogP contribution < -0.4 is 14.2 Å². The third-order valence-electron chi connectivity index (χ3n) is 6.02. The highest BCUT2D eigenvalue weighted by Crippen LogP contribution is 2.27. The topological polar surface area (TPSA) is 116 Å². The quantitative estimate of drug-likeness (QED) is 0.319. The third-order valence-corrected chi connectivity index (χ3v) is 6.02. The standard InChI is InChI=1S/C28H25N5O6/c1-31(2)28(36)39-27-29-24(33(30-27)19-10-14-20(37-3)15-11-19)18-8-12-21(13-9-18)38-17-16-32-25(34)22-6-4-5-7-23(22)26(32)35/h4-15H,16-17H2,1-3H3. The van der Waals surface area contributed by atoms with Gasteiger partial charge in [0.15, 0.2) is 5.82 Å². The summed E-state index contributed by atoms with van der Waals surface area (Å²) in [4.78, 5) is 44.0. The molecule has 198 valence electrons. The Morgan fingerprint density at radius 3 is 2.08 bits per heavy atom. The lowest BCUT2D eigenvalue weighted by molar-refractivity contribution is 0.0631. The van der Waals surface area contributed by atoms with Crippen LogP contribution in [0.2, 0.25) is 0 Å². The number of carbonyl (C=O) groups is 3. The predicted octanol–water partition coefficient (Wildman–Crippen LogP) is 3.68. The SMILES string of the molecule is COc1ccc(-n2nc(OC(=O)N(C)C)nc2-c2ccc(OCCN3C(=O)c4ccccc4C3=O)cc2)cc1. The normalized spacial score (nSPS) is 12.3. The van der Waals surface area contributed by atoms with Gasteiger partial charge >= 0.3 is 12.1 Å². The second-order valence-electron chi connectivity index (χ2n) is 8.77. The average molecular weight is 528 g/mol. The summed E-state index contributed by atoms with van der Waals surface area (Å²) in [6.45, 7) is 0.262. The molecule has 1 aliphatic rings. The number of methoxy groups -OCH3 is 1. The van der Waals surface area contributed by atoms with E-state index in [-0.39, 0.29) is 31.0 Å². The van der Waals surface area contributed by atoms with Gasteiger partial charge in [-0.25, -0.2) is 9.48 Å². The number of aromatic nitrogens is 3. The molecular formula is C28H25N5O6. The fourth-order valence-corrected chi connectivity index (χ4v) is 3.99. The molecule has 5 rings (SSSR count). The maximum absolute atomic E-state index is 12.5. The zero-order valence-electron chi connectivity index (χ0n) is 21.5. The van der Waals surface area contributed by atoms with Gasteiger partial charge in [0.05, 0.1) is 30.5 Å². The number of nitrogens with zero attached hydrogens (tertiary/aromatic N) is 5. The second-order valence-corrected chi connectivity index (χ2v) is 8.77. The molecule has 3 amide bonds. The molecule has 11 heteroatoms. The molecule has 2 heterocycles.